The van der Waals surface area contributed by atoms with E-state index < -0.39 is 0 Å². The van der Waals surface area contributed by atoms with Crippen LogP contribution in [0.2, 0.25) is 0 Å². The lowest BCUT2D eigenvalue weighted by atomic mass is 10.1. The maximum Gasteiger partial charge on any atom is 0.166 e. The molecule has 140 valence electrons. The quantitative estimate of drug-likeness (QED) is 0.636. The van der Waals surface area contributed by atoms with E-state index in [1.807, 2.05) is 44.2 Å². The molecule has 0 spiro atoms. The molecule has 3 aromatic rings. The van der Waals surface area contributed by atoms with Gasteiger partial charge < -0.3 is 11.1 Å². The van der Waals surface area contributed by atoms with Crippen LogP contribution in [0.15, 0.2) is 30.3 Å². The van der Waals surface area contributed by atoms with Crippen LogP contribution in [0.5, 0.6) is 0 Å². The minimum Gasteiger partial charge on any atom is -0.382 e. The molecule has 0 radical (unpaired) electrons. The van der Waals surface area contributed by atoms with Gasteiger partial charge in [-0.2, -0.15) is 20.7 Å². The Labute approximate surface area is 163 Å². The predicted octanol–water partition coefficient (Wildman–Crippen LogP) is 2.65. The normalized spacial score (nSPS) is 10.3. The van der Waals surface area contributed by atoms with Gasteiger partial charge >= 0.3 is 0 Å². The number of aromatic nitrogens is 4. The van der Waals surface area contributed by atoms with Crippen LogP contribution in [0.3, 0.4) is 0 Å². The average Bonchev–Trinajstić information content (AvgIpc) is 3.04. The lowest BCUT2D eigenvalue weighted by molar-refractivity contribution is 0.786. The van der Waals surface area contributed by atoms with Gasteiger partial charge in [0.05, 0.1) is 17.1 Å². The topological polar surface area (TPSA) is 129 Å². The highest BCUT2D eigenvalue weighted by molar-refractivity contribution is 5.57. The predicted molar refractivity (Wildman–Crippen MR) is 106 cm³/mol. The van der Waals surface area contributed by atoms with Crippen molar-refractivity contribution < 1.29 is 0 Å². The van der Waals surface area contributed by atoms with Crippen molar-refractivity contribution in [3.8, 4) is 17.8 Å². The van der Waals surface area contributed by atoms with Gasteiger partial charge in [0.1, 0.15) is 29.1 Å². The Bertz CT molecular complexity index is 1070. The van der Waals surface area contributed by atoms with E-state index in [1.54, 1.807) is 4.68 Å². The van der Waals surface area contributed by atoms with Gasteiger partial charge in [-0.25, -0.2) is 4.68 Å². The van der Waals surface area contributed by atoms with E-state index in [-0.39, 0.29) is 0 Å². The summed E-state index contributed by atoms with van der Waals surface area (Å²) < 4.78 is 1.59. The number of benzene rings is 1. The van der Waals surface area contributed by atoms with E-state index in [1.165, 1.54) is 0 Å². The molecule has 0 aliphatic heterocycles. The smallest absolute Gasteiger partial charge is 0.166 e. The van der Waals surface area contributed by atoms with Crippen molar-refractivity contribution in [3.05, 3.63) is 58.4 Å². The summed E-state index contributed by atoms with van der Waals surface area (Å²) >= 11 is 0. The number of anilines is 2. The minimum atomic E-state index is 0.337. The molecule has 0 unspecified atom stereocenters. The number of nitrogens with two attached hydrogens (primary N) is 1. The Morgan fingerprint density at radius 3 is 2.46 bits per heavy atom. The lowest BCUT2D eigenvalue weighted by Crippen LogP contribution is -2.10. The zero-order chi connectivity index (χ0) is 20.1. The Hall–Kier alpha value is -3.91. The van der Waals surface area contributed by atoms with Crippen LogP contribution in [0, 0.1) is 36.5 Å². The molecule has 0 saturated carbocycles. The Balaban J connectivity index is 1.70. The molecule has 2 heterocycles. The van der Waals surface area contributed by atoms with Crippen molar-refractivity contribution >= 4 is 11.6 Å². The number of nitriles is 2. The third-order valence-corrected chi connectivity index (χ3v) is 4.56. The van der Waals surface area contributed by atoms with Crippen molar-refractivity contribution in [2.24, 2.45) is 0 Å². The number of rotatable bonds is 6. The van der Waals surface area contributed by atoms with E-state index in [4.69, 9.17) is 5.73 Å². The summed E-state index contributed by atoms with van der Waals surface area (Å²) in [6.45, 7) is 4.24. The molecule has 0 fully saturated rings. The number of nitrogens with zero attached hydrogens (tertiary/aromatic N) is 6. The first-order valence-corrected chi connectivity index (χ1v) is 8.87. The first-order chi connectivity index (χ1) is 13.6. The second kappa shape index (κ2) is 8.19. The Morgan fingerprint density at radius 1 is 1.07 bits per heavy atom. The number of aryl methyl sites for hydroxylation is 2. The zero-order valence-corrected chi connectivity index (χ0v) is 15.8. The highest BCUT2D eigenvalue weighted by Gasteiger charge is 2.16. The number of hydrogen-bond acceptors (Lipinski definition) is 7. The highest BCUT2D eigenvalue weighted by atomic mass is 15.3. The summed E-state index contributed by atoms with van der Waals surface area (Å²) in [4.78, 5) is 0. The third kappa shape index (κ3) is 3.62. The van der Waals surface area contributed by atoms with Gasteiger partial charge in [-0.15, -0.1) is 5.10 Å². The molecule has 0 amide bonds. The van der Waals surface area contributed by atoms with Gasteiger partial charge in [0.25, 0.3) is 0 Å². The molecular weight excluding hydrogens is 352 g/mol. The molecule has 0 saturated heterocycles. The van der Waals surface area contributed by atoms with Gasteiger partial charge in [-0.1, -0.05) is 18.2 Å². The molecule has 0 aliphatic carbocycles. The van der Waals surface area contributed by atoms with Crippen LogP contribution >= 0.6 is 0 Å². The molecule has 0 bridgehead atoms. The molecule has 1 aromatic carbocycles. The molecule has 0 atom stereocenters. The zero-order valence-electron chi connectivity index (χ0n) is 15.8. The molecule has 2 aromatic heterocycles. The number of nitrogens with one attached hydrogen (secondary N) is 1. The van der Waals surface area contributed by atoms with Gasteiger partial charge in [0.15, 0.2) is 5.82 Å². The van der Waals surface area contributed by atoms with E-state index in [2.05, 4.69) is 32.8 Å². The molecule has 8 heteroatoms. The molecule has 3 N–H and O–H groups in total. The van der Waals surface area contributed by atoms with Crippen LogP contribution in [0.1, 0.15) is 34.5 Å². The fraction of sp³-hybridized carbons (Fsp3) is 0.250. The van der Waals surface area contributed by atoms with E-state index in [0.29, 0.717) is 47.8 Å². The number of nitrogen functional groups attached to an aromatic ring is 1. The van der Waals surface area contributed by atoms with Crippen molar-refractivity contribution in [1.29, 1.82) is 10.5 Å². The molecule has 28 heavy (non-hydrogen) atoms. The fourth-order valence-corrected chi connectivity index (χ4v) is 2.87. The summed E-state index contributed by atoms with van der Waals surface area (Å²) in [7, 11) is 0. The fourth-order valence-electron chi connectivity index (χ4n) is 2.87. The maximum absolute atomic E-state index is 9.47. The van der Waals surface area contributed by atoms with Gasteiger partial charge in [0, 0.05) is 6.54 Å². The second-order valence-electron chi connectivity index (χ2n) is 6.34. The van der Waals surface area contributed by atoms with Crippen LogP contribution in [0.4, 0.5) is 11.6 Å². The monoisotopic (exact) mass is 372 g/mol. The summed E-state index contributed by atoms with van der Waals surface area (Å²) in [5, 5.41) is 34.6. The van der Waals surface area contributed by atoms with E-state index in [9.17, 15) is 10.5 Å². The Morgan fingerprint density at radius 2 is 1.79 bits per heavy atom. The van der Waals surface area contributed by atoms with Crippen molar-refractivity contribution in [2.75, 3.05) is 17.6 Å². The second-order valence-corrected chi connectivity index (χ2v) is 6.34. The molecular formula is C20H20N8. The van der Waals surface area contributed by atoms with Gasteiger partial charge in [-0.3, -0.25) is 0 Å². The van der Waals surface area contributed by atoms with E-state index >= 15 is 0 Å². The first-order valence-electron chi connectivity index (χ1n) is 8.87. The molecule has 8 nitrogen and oxygen atoms in total. The summed E-state index contributed by atoms with van der Waals surface area (Å²) in [5.41, 5.74) is 10.0. The third-order valence-electron chi connectivity index (χ3n) is 4.56. The average molecular weight is 372 g/mol. The van der Waals surface area contributed by atoms with Gasteiger partial charge in [-0.05, 0) is 44.4 Å². The summed E-state index contributed by atoms with van der Waals surface area (Å²) in [6.07, 6.45) is 1.26. The lowest BCUT2D eigenvalue weighted by Gasteiger charge is -2.09. The molecule has 0 aliphatic rings. The van der Waals surface area contributed by atoms with Crippen molar-refractivity contribution in [3.63, 3.8) is 0 Å². The van der Waals surface area contributed by atoms with Crippen LogP contribution in [-0.2, 0) is 6.42 Å². The van der Waals surface area contributed by atoms with Crippen molar-refractivity contribution in [1.82, 2.24) is 20.0 Å². The van der Waals surface area contributed by atoms with Gasteiger partial charge in [0.2, 0.25) is 0 Å². The van der Waals surface area contributed by atoms with Crippen molar-refractivity contribution in [2.45, 2.75) is 26.7 Å². The molecule has 3 rings (SSSR count). The van der Waals surface area contributed by atoms with Crippen LogP contribution < -0.4 is 11.1 Å². The minimum absolute atomic E-state index is 0.337. The number of para-hydroxylation sites is 1. The first kappa shape index (κ1) is 18.9. The maximum atomic E-state index is 9.47. The Kier molecular flexibility index (Phi) is 5.52. The highest BCUT2D eigenvalue weighted by Crippen LogP contribution is 2.22. The summed E-state index contributed by atoms with van der Waals surface area (Å²) in [5.74, 6) is 0.809. The standard InChI is InChI=1S/C20H20N8/c1-13-14(2)25-26-20(16(13)11-21)24-10-6-9-18-17(12-22)19(23)28(27-18)15-7-4-3-5-8-15/h3-5,7-8H,6,9-10,23H2,1-2H3,(H,24,26). The number of hydrogen-bond donors (Lipinski definition) is 2. The summed E-state index contributed by atoms with van der Waals surface area (Å²) in [6, 6.07) is 13.8. The van der Waals surface area contributed by atoms with E-state index in [0.717, 1.165) is 16.9 Å². The SMILES string of the molecule is Cc1nnc(NCCCc2nn(-c3ccccc3)c(N)c2C#N)c(C#N)c1C. The van der Waals surface area contributed by atoms with Crippen LogP contribution in [0.25, 0.3) is 5.69 Å². The largest absolute Gasteiger partial charge is 0.382 e. The van der Waals surface area contributed by atoms with Crippen LogP contribution in [-0.4, -0.2) is 26.5 Å².